The zero-order valence-electron chi connectivity index (χ0n) is 17.1. The van der Waals surface area contributed by atoms with Gasteiger partial charge in [-0.1, -0.05) is 18.2 Å². The van der Waals surface area contributed by atoms with E-state index in [0.29, 0.717) is 0 Å². The fourth-order valence-corrected chi connectivity index (χ4v) is 5.68. The number of nitrogens with zero attached hydrogens (tertiary/aromatic N) is 1. The van der Waals surface area contributed by atoms with Gasteiger partial charge < -0.3 is 15.4 Å². The number of rotatable bonds is 1. The second kappa shape index (κ2) is 6.49. The molecule has 148 valence electrons. The van der Waals surface area contributed by atoms with Gasteiger partial charge in [0.15, 0.2) is 0 Å². The van der Waals surface area contributed by atoms with Crippen LogP contribution in [0.25, 0.3) is 0 Å². The topological polar surface area (TPSA) is 53.6 Å². The van der Waals surface area contributed by atoms with Crippen molar-refractivity contribution in [3.63, 3.8) is 0 Å². The first-order valence-electron chi connectivity index (χ1n) is 10.2. The Kier molecular flexibility index (Phi) is 4.51. The summed E-state index contributed by atoms with van der Waals surface area (Å²) < 4.78 is 5.61. The largest absolute Gasteiger partial charge is 0.381 e. The number of para-hydroxylation sites is 1. The zero-order chi connectivity index (χ0) is 19.3. The van der Waals surface area contributed by atoms with Gasteiger partial charge in [-0.25, -0.2) is 4.79 Å². The van der Waals surface area contributed by atoms with E-state index in [1.54, 1.807) is 0 Å². The predicted octanol–water partition coefficient (Wildman–Crippen LogP) is 3.57. The van der Waals surface area contributed by atoms with Crippen LogP contribution in [0, 0.1) is 0 Å². The Morgan fingerprint density at radius 2 is 1.74 bits per heavy atom. The highest BCUT2D eigenvalue weighted by Crippen LogP contribution is 2.46. The molecule has 1 aromatic carbocycles. The molecule has 2 fully saturated rings. The van der Waals surface area contributed by atoms with E-state index in [-0.39, 0.29) is 28.6 Å². The summed E-state index contributed by atoms with van der Waals surface area (Å²) in [4.78, 5) is 15.3. The summed E-state index contributed by atoms with van der Waals surface area (Å²) in [5.41, 5.74) is 2.48. The Balaban J connectivity index is 1.54. The van der Waals surface area contributed by atoms with Crippen LogP contribution in [0.5, 0.6) is 0 Å². The summed E-state index contributed by atoms with van der Waals surface area (Å²) >= 11 is 0. The first kappa shape index (κ1) is 18.8. The van der Waals surface area contributed by atoms with Gasteiger partial charge in [-0.05, 0) is 65.0 Å². The standard InChI is InChI=1S/C22H33N3O2/c1-20(2)13-16(14-21(3,4)24-20)23-19(26)25-15-22(9-11-27-12-10-22)17-7-5-6-8-18(17)25/h5-8,16,24H,9-15H2,1-4H3,(H,23,26). The third kappa shape index (κ3) is 3.59. The maximum absolute atomic E-state index is 13.3. The van der Waals surface area contributed by atoms with Gasteiger partial charge in [0.05, 0.1) is 0 Å². The van der Waals surface area contributed by atoms with Crippen molar-refractivity contribution in [2.75, 3.05) is 24.7 Å². The first-order valence-corrected chi connectivity index (χ1v) is 10.2. The molecule has 3 heterocycles. The van der Waals surface area contributed by atoms with Crippen LogP contribution in [-0.2, 0) is 10.2 Å². The van der Waals surface area contributed by atoms with E-state index in [1.807, 2.05) is 11.0 Å². The van der Waals surface area contributed by atoms with E-state index in [1.165, 1.54) is 5.56 Å². The highest BCUT2D eigenvalue weighted by molar-refractivity contribution is 5.95. The van der Waals surface area contributed by atoms with Crippen LogP contribution in [0.4, 0.5) is 10.5 Å². The normalized spacial score (nSPS) is 26.0. The van der Waals surface area contributed by atoms with Crippen LogP contribution in [0.2, 0.25) is 0 Å². The number of piperidine rings is 1. The summed E-state index contributed by atoms with van der Waals surface area (Å²) in [6, 6.07) is 8.65. The van der Waals surface area contributed by atoms with E-state index in [2.05, 4.69) is 56.5 Å². The smallest absolute Gasteiger partial charge is 0.322 e. The molecule has 0 unspecified atom stereocenters. The molecule has 0 saturated carbocycles. The van der Waals surface area contributed by atoms with Crippen molar-refractivity contribution in [3.05, 3.63) is 29.8 Å². The molecule has 0 bridgehead atoms. The molecule has 4 rings (SSSR count). The number of urea groups is 1. The average Bonchev–Trinajstić information content (AvgIpc) is 2.87. The third-order valence-corrected chi connectivity index (χ3v) is 6.44. The fourth-order valence-electron chi connectivity index (χ4n) is 5.68. The summed E-state index contributed by atoms with van der Waals surface area (Å²) in [5.74, 6) is 0. The molecule has 0 atom stereocenters. The molecule has 0 radical (unpaired) electrons. The van der Waals surface area contributed by atoms with Crippen molar-refractivity contribution in [1.29, 1.82) is 0 Å². The quantitative estimate of drug-likeness (QED) is 0.793. The Labute approximate surface area is 162 Å². The van der Waals surface area contributed by atoms with Crippen LogP contribution < -0.4 is 15.5 Å². The molecule has 0 aliphatic carbocycles. The molecule has 2 saturated heterocycles. The molecule has 2 N–H and O–H groups in total. The van der Waals surface area contributed by atoms with Crippen molar-refractivity contribution < 1.29 is 9.53 Å². The van der Waals surface area contributed by atoms with Crippen molar-refractivity contribution >= 4 is 11.7 Å². The van der Waals surface area contributed by atoms with Crippen LogP contribution in [0.15, 0.2) is 24.3 Å². The highest BCUT2D eigenvalue weighted by atomic mass is 16.5. The summed E-state index contributed by atoms with van der Waals surface area (Å²) in [5, 5.41) is 7.04. The lowest BCUT2D eigenvalue weighted by atomic mass is 9.76. The van der Waals surface area contributed by atoms with E-state index < -0.39 is 0 Å². The van der Waals surface area contributed by atoms with E-state index in [9.17, 15) is 4.79 Å². The van der Waals surface area contributed by atoms with Gasteiger partial charge in [0.1, 0.15) is 0 Å². The Hall–Kier alpha value is -1.59. The number of fused-ring (bicyclic) bond motifs is 2. The number of benzene rings is 1. The minimum Gasteiger partial charge on any atom is -0.381 e. The number of ether oxygens (including phenoxy) is 1. The van der Waals surface area contributed by atoms with Crippen LogP contribution in [-0.4, -0.2) is 42.9 Å². The van der Waals surface area contributed by atoms with Gasteiger partial charge in [0.25, 0.3) is 0 Å². The Bertz CT molecular complexity index is 706. The van der Waals surface area contributed by atoms with Gasteiger partial charge in [0, 0.05) is 48.0 Å². The van der Waals surface area contributed by atoms with Gasteiger partial charge in [-0.2, -0.15) is 0 Å². The van der Waals surface area contributed by atoms with Crippen molar-refractivity contribution in [2.45, 2.75) is 75.9 Å². The van der Waals surface area contributed by atoms with Gasteiger partial charge >= 0.3 is 6.03 Å². The lowest BCUT2D eigenvalue weighted by Crippen LogP contribution is -2.63. The number of anilines is 1. The number of hydrogen-bond acceptors (Lipinski definition) is 3. The Morgan fingerprint density at radius 3 is 2.41 bits per heavy atom. The molecule has 1 spiro atoms. The maximum atomic E-state index is 13.3. The number of amides is 2. The minimum absolute atomic E-state index is 0.0184. The molecule has 27 heavy (non-hydrogen) atoms. The van der Waals surface area contributed by atoms with E-state index in [0.717, 1.165) is 51.1 Å². The molecular weight excluding hydrogens is 338 g/mol. The zero-order valence-corrected chi connectivity index (χ0v) is 17.1. The van der Waals surface area contributed by atoms with Crippen molar-refractivity contribution in [2.24, 2.45) is 0 Å². The highest BCUT2D eigenvalue weighted by Gasteiger charge is 2.46. The van der Waals surface area contributed by atoms with Gasteiger partial charge in [-0.3, -0.25) is 4.90 Å². The number of carbonyl (C=O) groups is 1. The monoisotopic (exact) mass is 371 g/mol. The predicted molar refractivity (Wildman–Crippen MR) is 108 cm³/mol. The van der Waals surface area contributed by atoms with Crippen molar-refractivity contribution in [3.8, 4) is 0 Å². The minimum atomic E-state index is 0.0184. The lowest BCUT2D eigenvalue weighted by Gasteiger charge is -2.46. The molecule has 3 aliphatic rings. The number of hydrogen-bond donors (Lipinski definition) is 2. The second-order valence-corrected chi connectivity index (χ2v) is 9.94. The third-order valence-electron chi connectivity index (χ3n) is 6.44. The maximum Gasteiger partial charge on any atom is 0.322 e. The number of carbonyl (C=O) groups excluding carboxylic acids is 1. The molecular formula is C22H33N3O2. The molecule has 1 aromatic rings. The molecule has 5 nitrogen and oxygen atoms in total. The SMILES string of the molecule is CC1(C)CC(NC(=O)N2CC3(CCOCC3)c3ccccc32)CC(C)(C)N1. The summed E-state index contributed by atoms with van der Waals surface area (Å²) in [6.07, 6.45) is 3.86. The molecule has 5 heteroatoms. The number of nitrogens with one attached hydrogen (secondary N) is 2. The summed E-state index contributed by atoms with van der Waals surface area (Å²) in [7, 11) is 0. The Morgan fingerprint density at radius 1 is 1.11 bits per heavy atom. The van der Waals surface area contributed by atoms with Gasteiger partial charge in [0.2, 0.25) is 0 Å². The van der Waals surface area contributed by atoms with Crippen LogP contribution in [0.1, 0.15) is 58.9 Å². The van der Waals surface area contributed by atoms with E-state index in [4.69, 9.17) is 4.74 Å². The van der Waals surface area contributed by atoms with Crippen LogP contribution >= 0.6 is 0 Å². The van der Waals surface area contributed by atoms with E-state index >= 15 is 0 Å². The molecule has 3 aliphatic heterocycles. The van der Waals surface area contributed by atoms with Crippen molar-refractivity contribution in [1.82, 2.24) is 10.6 Å². The molecule has 0 aromatic heterocycles. The first-order chi connectivity index (χ1) is 12.7. The second-order valence-electron chi connectivity index (χ2n) is 9.94. The average molecular weight is 372 g/mol. The van der Waals surface area contributed by atoms with Crippen LogP contribution in [0.3, 0.4) is 0 Å². The van der Waals surface area contributed by atoms with Gasteiger partial charge in [-0.15, -0.1) is 0 Å². The molecule has 2 amide bonds. The lowest BCUT2D eigenvalue weighted by molar-refractivity contribution is 0.0555. The summed E-state index contributed by atoms with van der Waals surface area (Å²) in [6.45, 7) is 11.2. The fraction of sp³-hybridized carbons (Fsp3) is 0.682.